The molecule has 0 radical (unpaired) electrons. The number of rotatable bonds is 4. The van der Waals surface area contributed by atoms with E-state index >= 15 is 0 Å². The first-order chi connectivity index (χ1) is 11.8. The van der Waals surface area contributed by atoms with Crippen LogP contribution in [0.15, 0.2) is 53.6 Å². The van der Waals surface area contributed by atoms with Crippen molar-refractivity contribution in [2.75, 3.05) is 6.26 Å². The van der Waals surface area contributed by atoms with Gasteiger partial charge >= 0.3 is 5.97 Å². The maximum atomic E-state index is 11.7. The van der Waals surface area contributed by atoms with Gasteiger partial charge in [0, 0.05) is 17.8 Å². The van der Waals surface area contributed by atoms with Crippen LogP contribution in [0.1, 0.15) is 15.9 Å². The lowest BCUT2D eigenvalue weighted by atomic mass is 9.97. The molecule has 0 saturated heterocycles. The Morgan fingerprint density at radius 1 is 1.12 bits per heavy atom. The summed E-state index contributed by atoms with van der Waals surface area (Å²) >= 11 is 0. The van der Waals surface area contributed by atoms with Crippen molar-refractivity contribution in [3.8, 4) is 11.1 Å². The Balaban J connectivity index is 2.23. The van der Waals surface area contributed by atoms with Gasteiger partial charge in [0.25, 0.3) is 0 Å². The van der Waals surface area contributed by atoms with Crippen LogP contribution in [0.3, 0.4) is 0 Å². The first kappa shape index (κ1) is 17.1. The molecule has 0 unspecified atom stereocenters. The lowest BCUT2D eigenvalue weighted by Crippen LogP contribution is -2.00. The molecule has 7 heteroatoms. The second kappa shape index (κ2) is 6.27. The Morgan fingerprint density at radius 3 is 2.52 bits per heavy atom. The number of aromatic nitrogens is 1. The summed E-state index contributed by atoms with van der Waals surface area (Å²) in [5.74, 6) is -1.06. The van der Waals surface area contributed by atoms with Crippen molar-refractivity contribution >= 4 is 26.7 Å². The molecule has 0 spiro atoms. The Kier molecular flexibility index (Phi) is 4.28. The molecule has 0 fully saturated rings. The van der Waals surface area contributed by atoms with Crippen LogP contribution in [-0.2, 0) is 16.4 Å². The number of hydrogen-bond acceptors (Lipinski definition) is 5. The average Bonchev–Trinajstić information content (AvgIpc) is 2.59. The molecular formula is C18H15NO5S. The summed E-state index contributed by atoms with van der Waals surface area (Å²) in [6, 6.07) is 11.1. The second-order valence-corrected chi connectivity index (χ2v) is 7.66. The number of carbonyl (C=O) groups is 1. The van der Waals surface area contributed by atoms with Gasteiger partial charge in [-0.15, -0.1) is 0 Å². The van der Waals surface area contributed by atoms with Crippen molar-refractivity contribution in [3.63, 3.8) is 0 Å². The van der Waals surface area contributed by atoms with Crippen molar-refractivity contribution < 1.29 is 23.4 Å². The lowest BCUT2D eigenvalue weighted by Gasteiger charge is -2.11. The number of benzene rings is 2. The molecule has 3 aromatic rings. The summed E-state index contributed by atoms with van der Waals surface area (Å²) in [5.41, 5.74) is 2.43. The summed E-state index contributed by atoms with van der Waals surface area (Å²) in [7, 11) is -3.39. The van der Waals surface area contributed by atoms with Crippen LogP contribution in [0.2, 0.25) is 0 Å². The van der Waals surface area contributed by atoms with Gasteiger partial charge in [0.2, 0.25) is 0 Å². The standard InChI is InChI=1S/C18H15NO5S/c1-25(23,24)13-3-4-14(12(8-13)10-20)11-2-5-17-16(9-11)15(18(21)22)6-7-19-17/h2-9,20H,10H2,1H3,(H,21,22). The summed E-state index contributed by atoms with van der Waals surface area (Å²) in [5, 5.41) is 19.4. The van der Waals surface area contributed by atoms with Gasteiger partial charge < -0.3 is 10.2 Å². The zero-order valence-electron chi connectivity index (χ0n) is 13.3. The quantitative estimate of drug-likeness (QED) is 0.743. The third-order valence-electron chi connectivity index (χ3n) is 3.96. The third kappa shape index (κ3) is 3.24. The van der Waals surface area contributed by atoms with E-state index < -0.39 is 15.8 Å². The molecule has 2 aromatic carbocycles. The average molecular weight is 357 g/mol. The van der Waals surface area contributed by atoms with Gasteiger partial charge in [-0.1, -0.05) is 12.1 Å². The van der Waals surface area contributed by atoms with Crippen LogP contribution in [0.25, 0.3) is 22.0 Å². The van der Waals surface area contributed by atoms with Gasteiger partial charge in [-0.3, -0.25) is 4.98 Å². The maximum absolute atomic E-state index is 11.7. The number of sulfone groups is 1. The molecule has 0 aliphatic carbocycles. The fraction of sp³-hybridized carbons (Fsp3) is 0.111. The van der Waals surface area contributed by atoms with Crippen molar-refractivity contribution in [3.05, 3.63) is 59.8 Å². The number of carboxylic acids is 1. The smallest absolute Gasteiger partial charge is 0.336 e. The van der Waals surface area contributed by atoms with Crippen molar-refractivity contribution in [1.82, 2.24) is 4.98 Å². The molecule has 0 aliphatic rings. The Hall–Kier alpha value is -2.77. The highest BCUT2D eigenvalue weighted by atomic mass is 32.2. The Labute approximate surface area is 144 Å². The monoisotopic (exact) mass is 357 g/mol. The molecule has 25 heavy (non-hydrogen) atoms. The Bertz CT molecular complexity index is 1090. The number of aliphatic hydroxyl groups excluding tert-OH is 1. The van der Waals surface area contributed by atoms with Crippen molar-refractivity contribution in [2.24, 2.45) is 0 Å². The largest absolute Gasteiger partial charge is 0.478 e. The number of aromatic carboxylic acids is 1. The first-order valence-electron chi connectivity index (χ1n) is 7.37. The predicted molar refractivity (Wildman–Crippen MR) is 93.2 cm³/mol. The van der Waals surface area contributed by atoms with E-state index in [0.29, 0.717) is 27.6 Å². The molecule has 6 nitrogen and oxygen atoms in total. The highest BCUT2D eigenvalue weighted by Crippen LogP contribution is 2.30. The fourth-order valence-electron chi connectivity index (χ4n) is 2.71. The van der Waals surface area contributed by atoms with E-state index in [0.717, 1.165) is 6.26 Å². The van der Waals surface area contributed by atoms with Crippen LogP contribution in [0, 0.1) is 0 Å². The van der Waals surface area contributed by atoms with Gasteiger partial charge in [-0.2, -0.15) is 0 Å². The third-order valence-corrected chi connectivity index (χ3v) is 5.07. The first-order valence-corrected chi connectivity index (χ1v) is 9.26. The minimum Gasteiger partial charge on any atom is -0.478 e. The van der Waals surface area contributed by atoms with E-state index in [9.17, 15) is 23.4 Å². The summed E-state index contributed by atoms with van der Waals surface area (Å²) in [6.45, 7) is -0.338. The van der Waals surface area contributed by atoms with E-state index in [-0.39, 0.29) is 17.1 Å². The molecule has 0 aliphatic heterocycles. The lowest BCUT2D eigenvalue weighted by molar-refractivity contribution is 0.0699. The highest BCUT2D eigenvalue weighted by molar-refractivity contribution is 7.90. The van der Waals surface area contributed by atoms with Crippen molar-refractivity contribution in [1.29, 1.82) is 0 Å². The zero-order valence-corrected chi connectivity index (χ0v) is 14.1. The van der Waals surface area contributed by atoms with Gasteiger partial charge in [-0.05, 0) is 47.0 Å². The fourth-order valence-corrected chi connectivity index (χ4v) is 3.38. The number of carboxylic acid groups (broad SMARTS) is 1. The predicted octanol–water partition coefficient (Wildman–Crippen LogP) is 2.50. The molecule has 0 amide bonds. The number of nitrogens with zero attached hydrogens (tertiary/aromatic N) is 1. The maximum Gasteiger partial charge on any atom is 0.336 e. The molecule has 1 aromatic heterocycles. The summed E-state index contributed by atoms with van der Waals surface area (Å²) in [6.07, 6.45) is 2.54. The SMILES string of the molecule is CS(=O)(=O)c1ccc(-c2ccc3nccc(C(=O)O)c3c2)c(CO)c1. The number of pyridine rings is 1. The van der Waals surface area contributed by atoms with Gasteiger partial charge in [0.05, 0.1) is 22.6 Å². The number of aliphatic hydroxyl groups is 1. The van der Waals surface area contributed by atoms with Gasteiger partial charge in [0.15, 0.2) is 9.84 Å². The number of fused-ring (bicyclic) bond motifs is 1. The van der Waals surface area contributed by atoms with Crippen LogP contribution < -0.4 is 0 Å². The summed E-state index contributed by atoms with van der Waals surface area (Å²) < 4.78 is 23.4. The topological polar surface area (TPSA) is 105 Å². The van der Waals surface area contributed by atoms with E-state index in [4.69, 9.17) is 0 Å². The second-order valence-electron chi connectivity index (χ2n) is 5.64. The molecule has 0 bridgehead atoms. The van der Waals surface area contributed by atoms with E-state index in [2.05, 4.69) is 4.98 Å². The zero-order chi connectivity index (χ0) is 18.2. The Morgan fingerprint density at radius 2 is 1.88 bits per heavy atom. The van der Waals surface area contributed by atoms with Gasteiger partial charge in [-0.25, -0.2) is 13.2 Å². The molecule has 0 saturated carbocycles. The molecule has 2 N–H and O–H groups in total. The molecule has 3 rings (SSSR count). The van der Waals surface area contributed by atoms with E-state index in [1.54, 1.807) is 24.3 Å². The summed E-state index contributed by atoms with van der Waals surface area (Å²) in [4.78, 5) is 15.7. The van der Waals surface area contributed by atoms with Crippen LogP contribution >= 0.6 is 0 Å². The molecular weight excluding hydrogens is 342 g/mol. The number of hydrogen-bond donors (Lipinski definition) is 2. The van der Waals surface area contributed by atoms with Crippen LogP contribution in [-0.4, -0.2) is 35.8 Å². The van der Waals surface area contributed by atoms with Crippen LogP contribution in [0.5, 0.6) is 0 Å². The van der Waals surface area contributed by atoms with E-state index in [1.165, 1.54) is 24.4 Å². The minimum absolute atomic E-state index is 0.119. The van der Waals surface area contributed by atoms with Crippen LogP contribution in [0.4, 0.5) is 0 Å². The highest BCUT2D eigenvalue weighted by Gasteiger charge is 2.14. The van der Waals surface area contributed by atoms with Crippen molar-refractivity contribution in [2.45, 2.75) is 11.5 Å². The van der Waals surface area contributed by atoms with E-state index in [1.807, 2.05) is 0 Å². The minimum atomic E-state index is -3.39. The van der Waals surface area contributed by atoms with Gasteiger partial charge in [0.1, 0.15) is 0 Å². The molecule has 1 heterocycles. The molecule has 0 atom stereocenters. The molecule has 128 valence electrons. The normalized spacial score (nSPS) is 11.6.